The van der Waals surface area contributed by atoms with E-state index in [4.69, 9.17) is 14.6 Å². The molecule has 0 aliphatic heterocycles. The molecule has 2 N–H and O–H groups in total. The molecule has 14 heavy (non-hydrogen) atoms. The minimum absolute atomic E-state index is 0.0403. The van der Waals surface area contributed by atoms with Crippen molar-refractivity contribution in [1.29, 1.82) is 0 Å². The maximum atomic E-state index is 11.2. The zero-order valence-corrected chi connectivity index (χ0v) is 8.78. The Morgan fingerprint density at radius 2 is 2.14 bits per heavy atom. The highest BCUT2D eigenvalue weighted by molar-refractivity contribution is 5.76. The van der Waals surface area contributed by atoms with Crippen LogP contribution in [0.1, 0.15) is 12.8 Å². The highest BCUT2D eigenvalue weighted by Gasteiger charge is 2.10. The number of ether oxygens (including phenoxy) is 2. The second-order valence-corrected chi connectivity index (χ2v) is 2.97. The Kier molecular flexibility index (Phi) is 8.51. The van der Waals surface area contributed by atoms with Crippen molar-refractivity contribution in [3.05, 3.63) is 0 Å². The van der Waals surface area contributed by atoms with Crippen molar-refractivity contribution in [1.82, 2.24) is 5.32 Å². The van der Waals surface area contributed by atoms with Crippen LogP contribution in [0.25, 0.3) is 0 Å². The van der Waals surface area contributed by atoms with Gasteiger partial charge in [0.15, 0.2) is 0 Å². The number of rotatable bonds is 8. The molecule has 0 heterocycles. The summed E-state index contributed by atoms with van der Waals surface area (Å²) in [4.78, 5) is 11.2. The van der Waals surface area contributed by atoms with Crippen molar-refractivity contribution < 1.29 is 19.4 Å². The number of carbonyl (C=O) groups excluding carboxylic acids is 1. The van der Waals surface area contributed by atoms with E-state index in [0.717, 1.165) is 0 Å². The first-order valence-electron chi connectivity index (χ1n) is 4.62. The highest BCUT2D eigenvalue weighted by atomic mass is 16.5. The smallest absolute Gasteiger partial charge is 0.222 e. The third kappa shape index (κ3) is 6.82. The molecule has 0 aromatic carbocycles. The number of nitrogens with one attached hydrogen (secondary N) is 1. The van der Waals surface area contributed by atoms with E-state index in [0.29, 0.717) is 26.1 Å². The van der Waals surface area contributed by atoms with E-state index in [9.17, 15) is 4.79 Å². The molecule has 0 aromatic rings. The van der Waals surface area contributed by atoms with Crippen LogP contribution in [0, 0.1) is 0 Å². The molecule has 0 saturated heterocycles. The predicted octanol–water partition coefficient (Wildman–Crippen LogP) is -0.463. The number of aliphatic hydroxyl groups excluding tert-OH is 1. The molecule has 84 valence electrons. The number of methoxy groups -OCH3 is 2. The summed E-state index contributed by atoms with van der Waals surface area (Å²) in [5, 5.41) is 11.5. The van der Waals surface area contributed by atoms with Crippen LogP contribution in [0.15, 0.2) is 0 Å². The lowest BCUT2D eigenvalue weighted by Crippen LogP contribution is -2.39. The van der Waals surface area contributed by atoms with E-state index in [1.807, 2.05) is 0 Å². The van der Waals surface area contributed by atoms with Crippen LogP contribution in [0.5, 0.6) is 0 Å². The van der Waals surface area contributed by atoms with Gasteiger partial charge in [0.25, 0.3) is 0 Å². The van der Waals surface area contributed by atoms with Crippen molar-refractivity contribution in [2.75, 3.05) is 34.0 Å². The molecule has 0 saturated carbocycles. The zero-order chi connectivity index (χ0) is 10.8. The normalized spacial score (nSPS) is 12.5. The van der Waals surface area contributed by atoms with Crippen molar-refractivity contribution in [2.24, 2.45) is 0 Å². The average molecular weight is 205 g/mol. The van der Waals surface area contributed by atoms with Crippen molar-refractivity contribution in [2.45, 2.75) is 18.9 Å². The van der Waals surface area contributed by atoms with Gasteiger partial charge < -0.3 is 19.9 Å². The molecule has 5 heteroatoms. The van der Waals surface area contributed by atoms with Crippen LogP contribution in [0.2, 0.25) is 0 Å². The molecule has 0 radical (unpaired) electrons. The Labute approximate surface area is 84.4 Å². The van der Waals surface area contributed by atoms with Gasteiger partial charge in [-0.2, -0.15) is 0 Å². The van der Waals surface area contributed by atoms with Gasteiger partial charge in [-0.05, 0) is 6.42 Å². The van der Waals surface area contributed by atoms with Gasteiger partial charge in [-0.15, -0.1) is 0 Å². The summed E-state index contributed by atoms with van der Waals surface area (Å²) in [5.74, 6) is -0.0812. The molecule has 0 fully saturated rings. The average Bonchev–Trinajstić information content (AvgIpc) is 2.15. The molecule has 0 aromatic heterocycles. The fraction of sp³-hybridized carbons (Fsp3) is 0.889. The van der Waals surface area contributed by atoms with E-state index < -0.39 is 0 Å². The predicted molar refractivity (Wildman–Crippen MR) is 52.0 cm³/mol. The first kappa shape index (κ1) is 13.4. The highest BCUT2D eigenvalue weighted by Crippen LogP contribution is 1.93. The first-order chi connectivity index (χ1) is 6.74. The SMILES string of the molecule is COCCC(=O)NC(CCO)COC. The lowest BCUT2D eigenvalue weighted by atomic mass is 10.2. The molecule has 1 amide bonds. The molecule has 1 unspecified atom stereocenters. The number of amides is 1. The Bertz CT molecular complexity index is 146. The van der Waals surface area contributed by atoms with E-state index in [1.54, 1.807) is 14.2 Å². The summed E-state index contributed by atoms with van der Waals surface area (Å²) in [5.41, 5.74) is 0. The Morgan fingerprint density at radius 3 is 2.64 bits per heavy atom. The number of carbonyl (C=O) groups is 1. The molecule has 0 rings (SSSR count). The Balaban J connectivity index is 3.71. The van der Waals surface area contributed by atoms with E-state index in [1.165, 1.54) is 0 Å². The first-order valence-corrected chi connectivity index (χ1v) is 4.62. The molecular weight excluding hydrogens is 186 g/mol. The maximum Gasteiger partial charge on any atom is 0.222 e. The summed E-state index contributed by atoms with van der Waals surface area (Å²) in [7, 11) is 3.11. The standard InChI is InChI=1S/C9H19NO4/c1-13-6-4-9(12)10-8(3-5-11)7-14-2/h8,11H,3-7H2,1-2H3,(H,10,12). The molecule has 1 atom stereocenters. The molecule has 5 nitrogen and oxygen atoms in total. The molecule has 0 bridgehead atoms. The molecular formula is C9H19NO4. The van der Waals surface area contributed by atoms with Crippen LogP contribution in [0.3, 0.4) is 0 Å². The fourth-order valence-electron chi connectivity index (χ4n) is 1.05. The van der Waals surface area contributed by atoms with Gasteiger partial charge in [-0.25, -0.2) is 0 Å². The van der Waals surface area contributed by atoms with Gasteiger partial charge >= 0.3 is 0 Å². The second kappa shape index (κ2) is 8.93. The van der Waals surface area contributed by atoms with E-state index in [-0.39, 0.29) is 18.6 Å². The van der Waals surface area contributed by atoms with Crippen LogP contribution < -0.4 is 5.32 Å². The van der Waals surface area contributed by atoms with Gasteiger partial charge in [0.05, 0.1) is 19.3 Å². The number of aliphatic hydroxyl groups is 1. The second-order valence-electron chi connectivity index (χ2n) is 2.97. The molecule has 0 aliphatic rings. The van der Waals surface area contributed by atoms with E-state index in [2.05, 4.69) is 5.32 Å². The summed E-state index contributed by atoms with van der Waals surface area (Å²) < 4.78 is 9.68. The number of hydrogen-bond acceptors (Lipinski definition) is 4. The van der Waals surface area contributed by atoms with Crippen LogP contribution in [-0.2, 0) is 14.3 Å². The summed E-state index contributed by atoms with van der Waals surface area (Å²) >= 11 is 0. The van der Waals surface area contributed by atoms with Gasteiger partial charge in [0, 0.05) is 27.2 Å². The minimum atomic E-state index is -0.116. The third-order valence-electron chi connectivity index (χ3n) is 1.74. The maximum absolute atomic E-state index is 11.2. The topological polar surface area (TPSA) is 67.8 Å². The van der Waals surface area contributed by atoms with E-state index >= 15 is 0 Å². The van der Waals surface area contributed by atoms with Gasteiger partial charge in [-0.1, -0.05) is 0 Å². The minimum Gasteiger partial charge on any atom is -0.396 e. The van der Waals surface area contributed by atoms with Crippen molar-refractivity contribution in [3.8, 4) is 0 Å². The Hall–Kier alpha value is -0.650. The monoisotopic (exact) mass is 205 g/mol. The lowest BCUT2D eigenvalue weighted by Gasteiger charge is -2.16. The number of hydrogen-bond donors (Lipinski definition) is 2. The van der Waals surface area contributed by atoms with Gasteiger partial charge in [-0.3, -0.25) is 4.79 Å². The van der Waals surface area contributed by atoms with Crippen LogP contribution in [-0.4, -0.2) is 51.1 Å². The molecule has 0 aliphatic carbocycles. The quantitative estimate of drug-likeness (QED) is 0.562. The van der Waals surface area contributed by atoms with Gasteiger partial charge in [0.2, 0.25) is 5.91 Å². The summed E-state index contributed by atoms with van der Waals surface area (Å²) in [6.45, 7) is 0.864. The lowest BCUT2D eigenvalue weighted by molar-refractivity contribution is -0.123. The fourth-order valence-corrected chi connectivity index (χ4v) is 1.05. The van der Waals surface area contributed by atoms with Crippen molar-refractivity contribution >= 4 is 5.91 Å². The third-order valence-corrected chi connectivity index (χ3v) is 1.74. The van der Waals surface area contributed by atoms with Gasteiger partial charge in [0.1, 0.15) is 0 Å². The molecule has 0 spiro atoms. The largest absolute Gasteiger partial charge is 0.396 e. The zero-order valence-electron chi connectivity index (χ0n) is 8.78. The Morgan fingerprint density at radius 1 is 1.43 bits per heavy atom. The van der Waals surface area contributed by atoms with Crippen LogP contribution >= 0.6 is 0 Å². The summed E-state index contributed by atoms with van der Waals surface area (Å²) in [6, 6.07) is -0.116. The van der Waals surface area contributed by atoms with Crippen LogP contribution in [0.4, 0.5) is 0 Å². The summed E-state index contributed by atoms with van der Waals surface area (Å²) in [6.07, 6.45) is 0.842. The van der Waals surface area contributed by atoms with Crippen molar-refractivity contribution in [3.63, 3.8) is 0 Å².